The molecule has 0 saturated heterocycles. The molecular weight excluding hydrogens is 368 g/mol. The molecule has 1 heterocycles. The lowest BCUT2D eigenvalue weighted by molar-refractivity contribution is 0.0635. The number of amides is 2. The number of nitrogens with zero attached hydrogens (tertiary/aromatic N) is 2. The van der Waals surface area contributed by atoms with Crippen molar-refractivity contribution in [3.8, 4) is 11.3 Å². The molecule has 29 heavy (non-hydrogen) atoms. The highest BCUT2D eigenvalue weighted by Crippen LogP contribution is 2.22. The number of anilines is 2. The Morgan fingerprint density at radius 3 is 2.17 bits per heavy atom. The maximum atomic E-state index is 12.5. The highest BCUT2D eigenvalue weighted by molar-refractivity contribution is 6.02. The highest BCUT2D eigenvalue weighted by atomic mass is 16.6. The lowest BCUT2D eigenvalue weighted by atomic mass is 10.1. The van der Waals surface area contributed by atoms with Crippen molar-refractivity contribution in [1.29, 1.82) is 0 Å². The van der Waals surface area contributed by atoms with E-state index in [0.717, 1.165) is 5.56 Å². The SMILES string of the molecule is Cn1cc(-c2ccc(NC(=O)OC(C)(C)C)cc2)nc1C(=O)Nc1ccccc1. The van der Waals surface area contributed by atoms with Crippen molar-refractivity contribution in [1.82, 2.24) is 9.55 Å². The summed E-state index contributed by atoms with van der Waals surface area (Å²) in [6.07, 6.45) is 1.28. The molecule has 0 aliphatic rings. The lowest BCUT2D eigenvalue weighted by Crippen LogP contribution is -2.27. The molecule has 7 nitrogen and oxygen atoms in total. The highest BCUT2D eigenvalue weighted by Gasteiger charge is 2.17. The van der Waals surface area contributed by atoms with Crippen molar-refractivity contribution < 1.29 is 14.3 Å². The van der Waals surface area contributed by atoms with Gasteiger partial charge in [0.05, 0.1) is 5.69 Å². The third-order valence-corrected chi connectivity index (χ3v) is 3.94. The second-order valence-electron chi connectivity index (χ2n) is 7.59. The summed E-state index contributed by atoms with van der Waals surface area (Å²) in [5.74, 6) is 0.0213. The summed E-state index contributed by atoms with van der Waals surface area (Å²) in [6.45, 7) is 5.42. The minimum Gasteiger partial charge on any atom is -0.444 e. The van der Waals surface area contributed by atoms with E-state index in [1.165, 1.54) is 0 Å². The summed E-state index contributed by atoms with van der Waals surface area (Å²) < 4.78 is 6.92. The van der Waals surface area contributed by atoms with Crippen LogP contribution in [0.5, 0.6) is 0 Å². The average molecular weight is 392 g/mol. The number of hydrogen-bond acceptors (Lipinski definition) is 4. The van der Waals surface area contributed by atoms with Gasteiger partial charge in [0, 0.05) is 30.2 Å². The Balaban J connectivity index is 1.71. The van der Waals surface area contributed by atoms with Crippen LogP contribution in [0.2, 0.25) is 0 Å². The number of aromatic nitrogens is 2. The van der Waals surface area contributed by atoms with Gasteiger partial charge in [0.15, 0.2) is 5.82 Å². The smallest absolute Gasteiger partial charge is 0.412 e. The summed E-state index contributed by atoms with van der Waals surface area (Å²) in [7, 11) is 1.77. The average Bonchev–Trinajstić information content (AvgIpc) is 3.03. The Morgan fingerprint density at radius 2 is 1.55 bits per heavy atom. The van der Waals surface area contributed by atoms with Gasteiger partial charge in [-0.15, -0.1) is 0 Å². The van der Waals surface area contributed by atoms with E-state index in [9.17, 15) is 9.59 Å². The van der Waals surface area contributed by atoms with Crippen LogP contribution < -0.4 is 10.6 Å². The van der Waals surface area contributed by atoms with Gasteiger partial charge in [-0.2, -0.15) is 0 Å². The molecule has 0 bridgehead atoms. The first-order valence-corrected chi connectivity index (χ1v) is 9.21. The van der Waals surface area contributed by atoms with E-state index in [0.29, 0.717) is 22.9 Å². The molecule has 0 aliphatic carbocycles. The summed E-state index contributed by atoms with van der Waals surface area (Å²) in [6, 6.07) is 16.4. The lowest BCUT2D eigenvalue weighted by Gasteiger charge is -2.19. The molecule has 0 fully saturated rings. The predicted molar refractivity (Wildman–Crippen MR) is 113 cm³/mol. The number of aryl methyl sites for hydroxylation is 1. The Kier molecular flexibility index (Phi) is 5.68. The van der Waals surface area contributed by atoms with Gasteiger partial charge in [-0.25, -0.2) is 9.78 Å². The fourth-order valence-corrected chi connectivity index (χ4v) is 2.67. The van der Waals surface area contributed by atoms with Gasteiger partial charge in [0.25, 0.3) is 5.91 Å². The van der Waals surface area contributed by atoms with Crippen molar-refractivity contribution in [2.75, 3.05) is 10.6 Å². The van der Waals surface area contributed by atoms with Crippen molar-refractivity contribution in [2.45, 2.75) is 26.4 Å². The summed E-state index contributed by atoms with van der Waals surface area (Å²) in [5, 5.41) is 5.52. The fourth-order valence-electron chi connectivity index (χ4n) is 2.67. The van der Waals surface area contributed by atoms with E-state index >= 15 is 0 Å². The number of ether oxygens (including phenoxy) is 1. The van der Waals surface area contributed by atoms with Crippen LogP contribution in [-0.4, -0.2) is 27.2 Å². The molecule has 3 rings (SSSR count). The van der Waals surface area contributed by atoms with Gasteiger partial charge < -0.3 is 14.6 Å². The van der Waals surface area contributed by atoms with Crippen LogP contribution in [-0.2, 0) is 11.8 Å². The molecule has 0 aliphatic heterocycles. The van der Waals surface area contributed by atoms with E-state index in [2.05, 4.69) is 15.6 Å². The number of nitrogens with one attached hydrogen (secondary N) is 2. The van der Waals surface area contributed by atoms with Gasteiger partial charge in [-0.3, -0.25) is 10.1 Å². The Labute approximate surface area is 169 Å². The molecule has 2 amide bonds. The second kappa shape index (κ2) is 8.18. The van der Waals surface area contributed by atoms with Crippen molar-refractivity contribution in [3.63, 3.8) is 0 Å². The van der Waals surface area contributed by atoms with Crippen LogP contribution in [0.25, 0.3) is 11.3 Å². The summed E-state index contributed by atoms with van der Waals surface area (Å²) >= 11 is 0. The monoisotopic (exact) mass is 392 g/mol. The zero-order valence-corrected chi connectivity index (χ0v) is 16.9. The van der Waals surface area contributed by atoms with Crippen LogP contribution in [0.3, 0.4) is 0 Å². The quantitative estimate of drug-likeness (QED) is 0.675. The molecule has 1 aromatic heterocycles. The van der Waals surface area contributed by atoms with Crippen LogP contribution in [0, 0.1) is 0 Å². The summed E-state index contributed by atoms with van der Waals surface area (Å²) in [5.41, 5.74) is 2.25. The Bertz CT molecular complexity index is 1000. The molecule has 0 radical (unpaired) electrons. The largest absolute Gasteiger partial charge is 0.444 e. The molecule has 0 atom stereocenters. The number of rotatable bonds is 4. The standard InChI is InChI=1S/C22H24N4O3/c1-22(2,3)29-21(28)24-17-12-10-15(11-13-17)18-14-26(4)19(25-18)20(27)23-16-8-6-5-7-9-16/h5-14H,1-4H3,(H,23,27)(H,24,28). The van der Waals surface area contributed by atoms with E-state index < -0.39 is 11.7 Å². The number of imidazole rings is 1. The molecule has 7 heteroatoms. The zero-order chi connectivity index (χ0) is 21.0. The molecule has 3 aromatic rings. The van der Waals surface area contributed by atoms with Crippen molar-refractivity contribution >= 4 is 23.4 Å². The molecule has 150 valence electrons. The number of benzene rings is 2. The molecule has 2 aromatic carbocycles. The normalized spacial score (nSPS) is 11.0. The van der Waals surface area contributed by atoms with Gasteiger partial charge in [-0.05, 0) is 45.0 Å². The minimum absolute atomic E-state index is 0.284. The maximum Gasteiger partial charge on any atom is 0.412 e. The van der Waals surface area contributed by atoms with E-state index in [-0.39, 0.29) is 5.91 Å². The molecule has 0 unspecified atom stereocenters. The third-order valence-electron chi connectivity index (χ3n) is 3.94. The predicted octanol–water partition coefficient (Wildman–Crippen LogP) is 4.69. The molecule has 0 spiro atoms. The topological polar surface area (TPSA) is 85.2 Å². The van der Waals surface area contributed by atoms with Gasteiger partial charge in [0.1, 0.15) is 5.60 Å². The maximum absolute atomic E-state index is 12.5. The Hall–Kier alpha value is -3.61. The fraction of sp³-hybridized carbons (Fsp3) is 0.227. The van der Waals surface area contributed by atoms with Crippen LogP contribution in [0.1, 0.15) is 31.4 Å². The first-order valence-electron chi connectivity index (χ1n) is 9.21. The molecular formula is C22H24N4O3. The van der Waals surface area contributed by atoms with Crippen LogP contribution in [0.15, 0.2) is 60.8 Å². The van der Waals surface area contributed by atoms with Crippen molar-refractivity contribution in [3.05, 3.63) is 66.6 Å². The first kappa shape index (κ1) is 20.1. The summed E-state index contributed by atoms with van der Waals surface area (Å²) in [4.78, 5) is 28.8. The third kappa shape index (κ3) is 5.44. The molecule has 2 N–H and O–H groups in total. The second-order valence-corrected chi connectivity index (χ2v) is 7.59. The minimum atomic E-state index is -0.561. The first-order chi connectivity index (χ1) is 13.7. The number of para-hydroxylation sites is 1. The Morgan fingerprint density at radius 1 is 0.931 bits per heavy atom. The van der Waals surface area contributed by atoms with Gasteiger partial charge >= 0.3 is 6.09 Å². The number of carbonyl (C=O) groups is 2. The van der Waals surface area contributed by atoms with Crippen LogP contribution >= 0.6 is 0 Å². The van der Waals surface area contributed by atoms with E-state index in [1.807, 2.05) is 63.2 Å². The van der Waals surface area contributed by atoms with E-state index in [4.69, 9.17) is 4.74 Å². The molecule has 0 saturated carbocycles. The van der Waals surface area contributed by atoms with Crippen LogP contribution in [0.4, 0.5) is 16.2 Å². The zero-order valence-electron chi connectivity index (χ0n) is 16.9. The number of hydrogen-bond donors (Lipinski definition) is 2. The van der Waals surface area contributed by atoms with Crippen molar-refractivity contribution in [2.24, 2.45) is 7.05 Å². The van der Waals surface area contributed by atoms with Gasteiger partial charge in [-0.1, -0.05) is 30.3 Å². The van der Waals surface area contributed by atoms with Gasteiger partial charge in [0.2, 0.25) is 0 Å². The van der Waals surface area contributed by atoms with E-state index in [1.54, 1.807) is 29.9 Å². The number of carbonyl (C=O) groups excluding carboxylic acids is 2.